The van der Waals surface area contributed by atoms with E-state index in [-0.39, 0.29) is 11.6 Å². The van der Waals surface area contributed by atoms with Crippen molar-refractivity contribution >= 4 is 33.2 Å². The molecular formula is C12H15BrN2O3. The van der Waals surface area contributed by atoms with E-state index in [4.69, 9.17) is 0 Å². The minimum Gasteiger partial charge on any atom is -0.326 e. The molecule has 0 aliphatic heterocycles. The molecule has 0 aromatic heterocycles. The van der Waals surface area contributed by atoms with Gasteiger partial charge in [-0.15, -0.1) is 0 Å². The lowest BCUT2D eigenvalue weighted by Crippen LogP contribution is -2.13. The average Bonchev–Trinajstić information content (AvgIpc) is 2.29. The number of nitro groups is 1. The molecule has 0 atom stereocenters. The topological polar surface area (TPSA) is 72.2 Å². The molecule has 0 radical (unpaired) electrons. The number of amides is 1. The van der Waals surface area contributed by atoms with Crippen molar-refractivity contribution in [1.29, 1.82) is 0 Å². The molecule has 0 aliphatic carbocycles. The van der Waals surface area contributed by atoms with Gasteiger partial charge < -0.3 is 5.32 Å². The molecule has 0 saturated carbocycles. The first-order valence-corrected chi connectivity index (χ1v) is 6.41. The van der Waals surface area contributed by atoms with E-state index in [0.29, 0.717) is 27.7 Å². The summed E-state index contributed by atoms with van der Waals surface area (Å²) < 4.78 is 0.407. The Balaban J connectivity index is 3.19. The van der Waals surface area contributed by atoms with Crippen molar-refractivity contribution in [2.24, 2.45) is 0 Å². The predicted molar refractivity (Wildman–Crippen MR) is 73.8 cm³/mol. The lowest BCUT2D eigenvalue weighted by Gasteiger charge is -2.13. The molecule has 1 amide bonds. The van der Waals surface area contributed by atoms with Gasteiger partial charge in [0.15, 0.2) is 0 Å². The zero-order valence-corrected chi connectivity index (χ0v) is 12.1. The Labute approximate surface area is 114 Å². The molecule has 0 bridgehead atoms. The molecule has 0 unspecified atom stereocenters. The summed E-state index contributed by atoms with van der Waals surface area (Å²) in [5.74, 6) is -0.0792. The summed E-state index contributed by atoms with van der Waals surface area (Å²) in [6, 6.07) is 1.46. The SMILES string of the molecule is CCCC(=O)Nc1c(C)cc([N+](=O)[O-])c(Br)c1C. The second-order valence-electron chi connectivity index (χ2n) is 4.08. The summed E-state index contributed by atoms with van der Waals surface area (Å²) >= 11 is 3.20. The van der Waals surface area contributed by atoms with Crippen molar-refractivity contribution in [3.8, 4) is 0 Å². The third-order valence-electron chi connectivity index (χ3n) is 2.61. The Kier molecular flexibility index (Phi) is 4.84. The highest BCUT2D eigenvalue weighted by molar-refractivity contribution is 9.10. The third kappa shape index (κ3) is 3.07. The number of carbonyl (C=O) groups excluding carboxylic acids is 1. The van der Waals surface area contributed by atoms with Crippen LogP contribution in [0.3, 0.4) is 0 Å². The number of benzene rings is 1. The number of aryl methyl sites for hydroxylation is 1. The van der Waals surface area contributed by atoms with Crippen LogP contribution in [0.1, 0.15) is 30.9 Å². The quantitative estimate of drug-likeness (QED) is 0.680. The highest BCUT2D eigenvalue weighted by Gasteiger charge is 2.19. The van der Waals surface area contributed by atoms with E-state index in [9.17, 15) is 14.9 Å². The molecule has 1 aromatic rings. The van der Waals surface area contributed by atoms with Crippen molar-refractivity contribution in [2.75, 3.05) is 5.32 Å². The molecule has 0 fully saturated rings. The zero-order chi connectivity index (χ0) is 13.9. The summed E-state index contributed by atoms with van der Waals surface area (Å²) in [4.78, 5) is 22.0. The second kappa shape index (κ2) is 5.95. The van der Waals surface area contributed by atoms with Crippen LogP contribution in [0.25, 0.3) is 0 Å². The van der Waals surface area contributed by atoms with Gasteiger partial charge in [0.05, 0.1) is 4.92 Å². The van der Waals surface area contributed by atoms with Gasteiger partial charge in [-0.2, -0.15) is 0 Å². The Morgan fingerprint density at radius 1 is 1.50 bits per heavy atom. The monoisotopic (exact) mass is 314 g/mol. The predicted octanol–water partition coefficient (Wildman–Crippen LogP) is 3.71. The van der Waals surface area contributed by atoms with Crippen LogP contribution in [0.2, 0.25) is 0 Å². The van der Waals surface area contributed by atoms with Crippen LogP contribution in [0.4, 0.5) is 11.4 Å². The fourth-order valence-corrected chi connectivity index (χ4v) is 2.15. The van der Waals surface area contributed by atoms with Crippen molar-refractivity contribution < 1.29 is 9.72 Å². The smallest absolute Gasteiger partial charge is 0.284 e. The van der Waals surface area contributed by atoms with Gasteiger partial charge in [0.2, 0.25) is 5.91 Å². The van der Waals surface area contributed by atoms with Gasteiger partial charge in [0.25, 0.3) is 5.69 Å². The standard InChI is InChI=1S/C12H15BrN2O3/c1-4-5-10(16)14-12-7(2)6-9(15(17)18)11(13)8(12)3/h6H,4-5H2,1-3H3,(H,14,16). The maximum atomic E-state index is 11.6. The number of rotatable bonds is 4. The van der Waals surface area contributed by atoms with E-state index < -0.39 is 4.92 Å². The summed E-state index contributed by atoms with van der Waals surface area (Å²) in [7, 11) is 0. The van der Waals surface area contributed by atoms with Crippen LogP contribution >= 0.6 is 15.9 Å². The van der Waals surface area contributed by atoms with Gasteiger partial charge in [-0.3, -0.25) is 14.9 Å². The molecule has 1 aromatic carbocycles. The van der Waals surface area contributed by atoms with E-state index in [0.717, 1.165) is 6.42 Å². The normalized spacial score (nSPS) is 10.2. The van der Waals surface area contributed by atoms with Gasteiger partial charge in [-0.25, -0.2) is 0 Å². The van der Waals surface area contributed by atoms with Crippen LogP contribution in [0.5, 0.6) is 0 Å². The largest absolute Gasteiger partial charge is 0.326 e. The maximum Gasteiger partial charge on any atom is 0.284 e. The van der Waals surface area contributed by atoms with Crippen molar-refractivity contribution in [3.05, 3.63) is 31.8 Å². The molecule has 0 spiro atoms. The first-order valence-electron chi connectivity index (χ1n) is 5.62. The molecule has 5 nitrogen and oxygen atoms in total. The van der Waals surface area contributed by atoms with Crippen LogP contribution in [0.15, 0.2) is 10.5 Å². The Bertz CT molecular complexity index is 501. The van der Waals surface area contributed by atoms with E-state index in [2.05, 4.69) is 21.2 Å². The summed E-state index contributed by atoms with van der Waals surface area (Å²) in [5, 5.41) is 13.6. The van der Waals surface area contributed by atoms with Crippen LogP contribution in [-0.2, 0) is 4.79 Å². The van der Waals surface area contributed by atoms with Gasteiger partial charge in [-0.1, -0.05) is 6.92 Å². The Morgan fingerprint density at radius 3 is 2.61 bits per heavy atom. The first kappa shape index (κ1) is 14.6. The summed E-state index contributed by atoms with van der Waals surface area (Å²) in [6.45, 7) is 5.41. The molecule has 1 rings (SSSR count). The Morgan fingerprint density at radius 2 is 2.11 bits per heavy atom. The number of hydrogen-bond acceptors (Lipinski definition) is 3. The summed E-state index contributed by atoms with van der Waals surface area (Å²) in [5.41, 5.74) is 2.02. The average molecular weight is 315 g/mol. The molecule has 0 aliphatic rings. The van der Waals surface area contributed by atoms with Crippen LogP contribution < -0.4 is 5.32 Å². The van der Waals surface area contributed by atoms with Crippen LogP contribution in [-0.4, -0.2) is 10.8 Å². The van der Waals surface area contributed by atoms with Crippen LogP contribution in [0, 0.1) is 24.0 Å². The number of hydrogen-bond donors (Lipinski definition) is 1. The fourth-order valence-electron chi connectivity index (χ4n) is 1.69. The van der Waals surface area contributed by atoms with E-state index >= 15 is 0 Å². The number of nitro benzene ring substituents is 1. The number of nitrogens with zero attached hydrogens (tertiary/aromatic N) is 1. The highest BCUT2D eigenvalue weighted by Crippen LogP contribution is 2.35. The maximum absolute atomic E-state index is 11.6. The lowest BCUT2D eigenvalue weighted by molar-refractivity contribution is -0.385. The molecule has 18 heavy (non-hydrogen) atoms. The number of anilines is 1. The molecule has 98 valence electrons. The number of halogens is 1. The lowest BCUT2D eigenvalue weighted by atomic mass is 10.1. The Hall–Kier alpha value is -1.43. The van der Waals surface area contributed by atoms with E-state index in [1.165, 1.54) is 6.07 Å². The summed E-state index contributed by atoms with van der Waals surface area (Å²) in [6.07, 6.45) is 1.20. The van der Waals surface area contributed by atoms with E-state index in [1.807, 2.05) is 6.92 Å². The minimum absolute atomic E-state index is 0.0125. The zero-order valence-electron chi connectivity index (χ0n) is 10.5. The molecular weight excluding hydrogens is 300 g/mol. The first-order chi connectivity index (χ1) is 8.38. The number of nitrogens with one attached hydrogen (secondary N) is 1. The second-order valence-corrected chi connectivity index (χ2v) is 4.87. The van der Waals surface area contributed by atoms with Gasteiger partial charge in [0, 0.05) is 18.2 Å². The molecule has 0 saturated heterocycles. The molecule has 0 heterocycles. The van der Waals surface area contributed by atoms with Gasteiger partial charge in [0.1, 0.15) is 4.47 Å². The van der Waals surface area contributed by atoms with E-state index in [1.54, 1.807) is 13.8 Å². The third-order valence-corrected chi connectivity index (χ3v) is 3.62. The van der Waals surface area contributed by atoms with Gasteiger partial charge in [-0.05, 0) is 47.3 Å². The molecule has 1 N–H and O–H groups in total. The highest BCUT2D eigenvalue weighted by atomic mass is 79.9. The van der Waals surface area contributed by atoms with Gasteiger partial charge >= 0.3 is 0 Å². The molecule has 6 heteroatoms. The number of carbonyl (C=O) groups is 1. The minimum atomic E-state index is -0.443. The fraction of sp³-hybridized carbons (Fsp3) is 0.417. The van der Waals surface area contributed by atoms with Crippen molar-refractivity contribution in [3.63, 3.8) is 0 Å². The van der Waals surface area contributed by atoms with Crippen molar-refractivity contribution in [2.45, 2.75) is 33.6 Å². The van der Waals surface area contributed by atoms with Crippen molar-refractivity contribution in [1.82, 2.24) is 0 Å².